The molecule has 0 aliphatic carbocycles. The van der Waals surface area contributed by atoms with Crippen LogP contribution in [-0.4, -0.2) is 9.55 Å². The Morgan fingerprint density at radius 3 is 2.50 bits per heavy atom. The van der Waals surface area contributed by atoms with Gasteiger partial charge in [0, 0.05) is 31.0 Å². The van der Waals surface area contributed by atoms with Gasteiger partial charge in [-0.05, 0) is 12.5 Å². The molecule has 0 amide bonds. The van der Waals surface area contributed by atoms with Crippen LogP contribution in [0.4, 0.5) is 0 Å². The van der Waals surface area contributed by atoms with E-state index in [1.807, 2.05) is 44.8 Å². The Hall–Kier alpha value is -1.02. The summed E-state index contributed by atoms with van der Waals surface area (Å²) in [4.78, 5) is 4.09. The molecular weight excluding hydrogens is 196 g/mol. The van der Waals surface area contributed by atoms with E-state index < -0.39 is 0 Å². The van der Waals surface area contributed by atoms with Crippen LogP contribution in [0.1, 0.15) is 19.4 Å². The fourth-order valence-corrected chi connectivity index (χ4v) is 1.79. The molecular formula is C11H15ClN2. The van der Waals surface area contributed by atoms with Gasteiger partial charge in [-0.1, -0.05) is 25.4 Å². The fourth-order valence-electron chi connectivity index (χ4n) is 1.51. The van der Waals surface area contributed by atoms with Crippen molar-refractivity contribution in [2.75, 3.05) is 0 Å². The van der Waals surface area contributed by atoms with Gasteiger partial charge in [0.1, 0.15) is 0 Å². The summed E-state index contributed by atoms with van der Waals surface area (Å²) in [6.07, 6.45) is 5.55. The maximum Gasteiger partial charge on any atom is 0.0676 e. The summed E-state index contributed by atoms with van der Waals surface area (Å²) in [6.45, 7) is 6.03. The average molecular weight is 211 g/mol. The van der Waals surface area contributed by atoms with Crippen LogP contribution in [-0.2, 0) is 7.05 Å². The van der Waals surface area contributed by atoms with Gasteiger partial charge in [-0.15, -0.1) is 0 Å². The van der Waals surface area contributed by atoms with Crippen molar-refractivity contribution in [1.29, 1.82) is 0 Å². The van der Waals surface area contributed by atoms with E-state index >= 15 is 0 Å². The van der Waals surface area contributed by atoms with Gasteiger partial charge in [0.25, 0.3) is 0 Å². The molecule has 0 aliphatic rings. The quantitative estimate of drug-likeness (QED) is 0.650. The highest BCUT2D eigenvalue weighted by Gasteiger charge is 2.05. The number of aryl methyl sites for hydroxylation is 2. The third-order valence-corrected chi connectivity index (χ3v) is 2.32. The molecule has 2 aromatic heterocycles. The van der Waals surface area contributed by atoms with Crippen molar-refractivity contribution >= 4 is 22.5 Å². The van der Waals surface area contributed by atoms with Crippen LogP contribution in [0.15, 0.2) is 18.6 Å². The Balaban J connectivity index is 0.000000461. The monoisotopic (exact) mass is 210 g/mol. The smallest absolute Gasteiger partial charge is 0.0676 e. The van der Waals surface area contributed by atoms with Gasteiger partial charge in [0.2, 0.25) is 0 Å². The van der Waals surface area contributed by atoms with Crippen molar-refractivity contribution in [3.8, 4) is 0 Å². The van der Waals surface area contributed by atoms with E-state index in [0.29, 0.717) is 0 Å². The Labute approximate surface area is 89.5 Å². The highest BCUT2D eigenvalue weighted by atomic mass is 35.5. The van der Waals surface area contributed by atoms with Gasteiger partial charge in [-0.25, -0.2) is 0 Å². The van der Waals surface area contributed by atoms with E-state index in [0.717, 1.165) is 21.5 Å². The topological polar surface area (TPSA) is 17.8 Å². The lowest BCUT2D eigenvalue weighted by Crippen LogP contribution is -1.87. The lowest BCUT2D eigenvalue weighted by molar-refractivity contribution is 0.962. The molecule has 0 saturated carbocycles. The minimum absolute atomic E-state index is 0.767. The largest absolute Gasteiger partial charge is 0.349 e. The molecule has 14 heavy (non-hydrogen) atoms. The second-order valence-corrected chi connectivity index (χ2v) is 3.35. The SMILES string of the molecule is CC.Cc1cncc2c(Cl)cn(C)c12. The second-order valence-electron chi connectivity index (χ2n) is 2.94. The predicted octanol–water partition coefficient (Wildman–Crippen LogP) is 3.56. The second kappa shape index (κ2) is 4.47. The molecule has 2 heterocycles. The van der Waals surface area contributed by atoms with Crippen LogP contribution >= 0.6 is 11.6 Å². The molecule has 2 nitrogen and oxygen atoms in total. The number of aromatic nitrogens is 2. The van der Waals surface area contributed by atoms with E-state index in [-0.39, 0.29) is 0 Å². The zero-order chi connectivity index (χ0) is 10.7. The zero-order valence-electron chi connectivity index (χ0n) is 9.00. The van der Waals surface area contributed by atoms with Crippen LogP contribution in [0.3, 0.4) is 0 Å². The molecule has 2 rings (SSSR count). The lowest BCUT2D eigenvalue weighted by atomic mass is 10.2. The van der Waals surface area contributed by atoms with Crippen molar-refractivity contribution in [1.82, 2.24) is 9.55 Å². The molecule has 3 heteroatoms. The van der Waals surface area contributed by atoms with E-state index in [4.69, 9.17) is 11.6 Å². The molecule has 0 atom stereocenters. The van der Waals surface area contributed by atoms with Gasteiger partial charge in [-0.2, -0.15) is 0 Å². The number of nitrogens with zero attached hydrogens (tertiary/aromatic N) is 2. The zero-order valence-corrected chi connectivity index (χ0v) is 9.76. The standard InChI is InChI=1S/C9H9ClN2.C2H6/c1-6-3-11-4-7-8(10)5-12(2)9(6)7;1-2/h3-5H,1-2H3;1-2H3. The summed E-state index contributed by atoms with van der Waals surface area (Å²) in [5.41, 5.74) is 2.32. The van der Waals surface area contributed by atoms with E-state index in [2.05, 4.69) is 4.98 Å². The summed E-state index contributed by atoms with van der Waals surface area (Å²) < 4.78 is 2.02. The van der Waals surface area contributed by atoms with E-state index in [1.54, 1.807) is 6.20 Å². The molecule has 0 radical (unpaired) electrons. The molecule has 0 N–H and O–H groups in total. The van der Waals surface area contributed by atoms with Crippen molar-refractivity contribution in [3.05, 3.63) is 29.2 Å². The summed E-state index contributed by atoms with van der Waals surface area (Å²) in [6, 6.07) is 0. The normalized spacial score (nSPS) is 9.79. The molecule has 76 valence electrons. The van der Waals surface area contributed by atoms with Gasteiger partial charge in [0.15, 0.2) is 0 Å². The van der Waals surface area contributed by atoms with Crippen LogP contribution < -0.4 is 0 Å². The van der Waals surface area contributed by atoms with Crippen LogP contribution in [0.25, 0.3) is 10.9 Å². The van der Waals surface area contributed by atoms with Crippen LogP contribution in [0, 0.1) is 6.92 Å². The van der Waals surface area contributed by atoms with Gasteiger partial charge < -0.3 is 4.57 Å². The number of rotatable bonds is 0. The third-order valence-electron chi connectivity index (χ3n) is 2.02. The van der Waals surface area contributed by atoms with E-state index in [9.17, 15) is 0 Å². The molecule has 2 aromatic rings. The van der Waals surface area contributed by atoms with Crippen molar-refractivity contribution in [2.45, 2.75) is 20.8 Å². The predicted molar refractivity (Wildman–Crippen MR) is 61.8 cm³/mol. The van der Waals surface area contributed by atoms with Gasteiger partial charge in [-0.3, -0.25) is 4.98 Å². The minimum atomic E-state index is 0.767. The number of pyridine rings is 1. The minimum Gasteiger partial charge on any atom is -0.349 e. The number of hydrogen-bond donors (Lipinski definition) is 0. The third kappa shape index (κ3) is 1.75. The summed E-state index contributed by atoms with van der Waals surface area (Å²) in [5.74, 6) is 0. The molecule has 0 unspecified atom stereocenters. The first kappa shape index (κ1) is 11.1. The Morgan fingerprint density at radius 2 is 1.93 bits per heavy atom. The van der Waals surface area contributed by atoms with Gasteiger partial charge in [0.05, 0.1) is 10.5 Å². The number of hydrogen-bond acceptors (Lipinski definition) is 1. The molecule has 0 saturated heterocycles. The first-order valence-electron chi connectivity index (χ1n) is 4.75. The summed E-state index contributed by atoms with van der Waals surface area (Å²) >= 11 is 5.99. The first-order valence-corrected chi connectivity index (χ1v) is 5.13. The summed E-state index contributed by atoms with van der Waals surface area (Å²) in [7, 11) is 1.99. The maximum atomic E-state index is 5.99. The highest BCUT2D eigenvalue weighted by molar-refractivity contribution is 6.35. The summed E-state index contributed by atoms with van der Waals surface area (Å²) in [5, 5.41) is 1.79. The Morgan fingerprint density at radius 1 is 1.29 bits per heavy atom. The molecule has 0 bridgehead atoms. The fraction of sp³-hybridized carbons (Fsp3) is 0.364. The molecule has 0 fully saturated rings. The maximum absolute atomic E-state index is 5.99. The number of halogens is 1. The molecule has 0 aromatic carbocycles. The Bertz CT molecular complexity index is 432. The number of fused-ring (bicyclic) bond motifs is 1. The average Bonchev–Trinajstić information content (AvgIpc) is 2.47. The van der Waals surface area contributed by atoms with Crippen LogP contribution in [0.2, 0.25) is 5.02 Å². The first-order chi connectivity index (χ1) is 6.70. The van der Waals surface area contributed by atoms with Gasteiger partial charge >= 0.3 is 0 Å². The Kier molecular flexibility index (Phi) is 3.53. The molecule has 0 spiro atoms. The lowest BCUT2D eigenvalue weighted by Gasteiger charge is -1.98. The highest BCUT2D eigenvalue weighted by Crippen LogP contribution is 2.25. The van der Waals surface area contributed by atoms with Crippen LogP contribution in [0.5, 0.6) is 0 Å². The van der Waals surface area contributed by atoms with Crippen molar-refractivity contribution < 1.29 is 0 Å². The van der Waals surface area contributed by atoms with Crippen molar-refractivity contribution in [3.63, 3.8) is 0 Å². The molecule has 0 aliphatic heterocycles. The van der Waals surface area contributed by atoms with E-state index in [1.165, 1.54) is 0 Å². The van der Waals surface area contributed by atoms with Crippen molar-refractivity contribution in [2.24, 2.45) is 7.05 Å².